The third-order valence-electron chi connectivity index (χ3n) is 5.95. The molecule has 0 radical (unpaired) electrons. The van der Waals surface area contributed by atoms with Gasteiger partial charge >= 0.3 is 0 Å². The first-order chi connectivity index (χ1) is 14.9. The molecule has 1 aromatic carbocycles. The highest BCUT2D eigenvalue weighted by Crippen LogP contribution is 2.29. The van der Waals surface area contributed by atoms with Crippen molar-refractivity contribution in [2.75, 3.05) is 37.3 Å². The maximum atomic E-state index is 12.7. The molecule has 0 spiro atoms. The summed E-state index contributed by atoms with van der Waals surface area (Å²) >= 11 is 1.57. The third-order valence-corrected chi connectivity index (χ3v) is 6.95. The fourth-order valence-corrected chi connectivity index (χ4v) is 5.11. The van der Waals surface area contributed by atoms with E-state index in [9.17, 15) is 9.59 Å². The Morgan fingerprint density at radius 3 is 2.65 bits per heavy atom. The fourth-order valence-electron chi connectivity index (χ4n) is 4.01. The van der Waals surface area contributed by atoms with E-state index in [1.165, 1.54) is 4.88 Å². The van der Waals surface area contributed by atoms with Gasteiger partial charge in [0.05, 0.1) is 12.2 Å². The predicted molar refractivity (Wildman–Crippen MR) is 125 cm³/mol. The molecule has 31 heavy (non-hydrogen) atoms. The minimum absolute atomic E-state index is 0.0265. The number of aromatic nitrogens is 1. The smallest absolute Gasteiger partial charge is 0.238 e. The second kappa shape index (κ2) is 9.46. The van der Waals surface area contributed by atoms with Gasteiger partial charge in [-0.15, -0.1) is 11.3 Å². The van der Waals surface area contributed by atoms with Crippen molar-refractivity contribution in [3.05, 3.63) is 39.9 Å². The summed E-state index contributed by atoms with van der Waals surface area (Å²) in [4.78, 5) is 35.4. The lowest BCUT2D eigenvalue weighted by Crippen LogP contribution is -2.37. The quantitative estimate of drug-likeness (QED) is 0.658. The van der Waals surface area contributed by atoms with Crippen LogP contribution in [0, 0.1) is 13.8 Å². The average molecular weight is 442 g/mol. The number of amides is 2. The molecule has 2 aromatic rings. The number of nitrogens with one attached hydrogen (secondary N) is 2. The van der Waals surface area contributed by atoms with E-state index in [1.807, 2.05) is 32.0 Å². The highest BCUT2D eigenvalue weighted by atomic mass is 32.1. The van der Waals surface area contributed by atoms with Crippen LogP contribution < -0.4 is 10.6 Å². The Labute approximate surface area is 187 Å². The Morgan fingerprint density at radius 1 is 1.19 bits per heavy atom. The number of carbonyl (C=O) groups excluding carboxylic acids is 2. The number of benzene rings is 1. The van der Waals surface area contributed by atoms with E-state index in [0.29, 0.717) is 30.7 Å². The number of para-hydroxylation sites is 1. The van der Waals surface area contributed by atoms with E-state index in [-0.39, 0.29) is 11.8 Å². The number of hydrogen-bond acceptors (Lipinski definition) is 6. The van der Waals surface area contributed by atoms with Crippen LogP contribution >= 0.6 is 11.3 Å². The Hall–Kier alpha value is -2.29. The zero-order chi connectivity index (χ0) is 22.0. The van der Waals surface area contributed by atoms with Crippen molar-refractivity contribution in [3.8, 4) is 0 Å². The predicted octanol–water partition coefficient (Wildman–Crippen LogP) is 3.18. The molecule has 1 aromatic heterocycles. The van der Waals surface area contributed by atoms with Crippen LogP contribution in [0.1, 0.15) is 41.0 Å². The summed E-state index contributed by atoms with van der Waals surface area (Å²) in [5, 5.41) is 6.71. The lowest BCUT2D eigenvalue weighted by Gasteiger charge is -2.21. The number of rotatable bonds is 8. The summed E-state index contributed by atoms with van der Waals surface area (Å²) in [5.74, 6) is -0.0679. The molecule has 8 heteroatoms. The van der Waals surface area contributed by atoms with Gasteiger partial charge in [-0.25, -0.2) is 4.98 Å². The maximum absolute atomic E-state index is 12.7. The average Bonchev–Trinajstić information content (AvgIpc) is 3.48. The lowest BCUT2D eigenvalue weighted by molar-refractivity contribution is -0.119. The van der Waals surface area contributed by atoms with Crippen LogP contribution in [0.3, 0.4) is 0 Å². The molecule has 1 saturated carbocycles. The number of carbonyl (C=O) groups is 2. The van der Waals surface area contributed by atoms with Crippen molar-refractivity contribution in [2.45, 2.75) is 52.1 Å². The van der Waals surface area contributed by atoms with Gasteiger partial charge in [-0.2, -0.15) is 0 Å². The van der Waals surface area contributed by atoms with E-state index in [2.05, 4.69) is 32.5 Å². The molecule has 1 aliphatic heterocycles. The van der Waals surface area contributed by atoms with Crippen LogP contribution in [0.2, 0.25) is 0 Å². The molecule has 2 heterocycles. The number of nitrogens with zero attached hydrogens (tertiary/aromatic N) is 3. The third kappa shape index (κ3) is 5.70. The standard InChI is InChI=1S/C23H31N5O2S/c1-15-5-4-6-16(2)22(15)25-21(30)14-28(17-7-8-17)12-10-20(29)26-23-24-18-9-11-27(3)13-19(18)31-23/h4-6,17H,7-14H2,1-3H3,(H,25,30)(H,24,26,29). The Bertz CT molecular complexity index is 949. The number of fused-ring (bicyclic) bond motifs is 1. The molecule has 0 atom stereocenters. The number of aryl methyl sites for hydroxylation is 2. The molecule has 0 bridgehead atoms. The second-order valence-corrected chi connectivity index (χ2v) is 9.78. The summed E-state index contributed by atoms with van der Waals surface area (Å²) in [6.45, 7) is 6.78. The molecule has 7 nitrogen and oxygen atoms in total. The molecule has 2 N–H and O–H groups in total. The molecule has 2 aliphatic rings. The molecule has 1 aliphatic carbocycles. The number of likely N-dealkylation sites (N-methyl/N-ethyl adjacent to an activating group) is 1. The molecular weight excluding hydrogens is 410 g/mol. The maximum Gasteiger partial charge on any atom is 0.238 e. The minimum atomic E-state index is -0.0414. The zero-order valence-corrected chi connectivity index (χ0v) is 19.3. The zero-order valence-electron chi connectivity index (χ0n) is 18.5. The van der Waals surface area contributed by atoms with Crippen LogP contribution in [-0.4, -0.2) is 59.3 Å². The van der Waals surface area contributed by atoms with Crippen molar-refractivity contribution in [2.24, 2.45) is 0 Å². The van der Waals surface area contributed by atoms with E-state index in [4.69, 9.17) is 0 Å². The van der Waals surface area contributed by atoms with Gasteiger partial charge in [0, 0.05) is 49.1 Å². The van der Waals surface area contributed by atoms with Crippen molar-refractivity contribution in [3.63, 3.8) is 0 Å². The van der Waals surface area contributed by atoms with Gasteiger partial charge in [-0.1, -0.05) is 18.2 Å². The molecule has 166 valence electrons. The topological polar surface area (TPSA) is 77.6 Å². The van der Waals surface area contributed by atoms with Gasteiger partial charge < -0.3 is 15.5 Å². The second-order valence-electron chi connectivity index (χ2n) is 8.69. The number of thiazole rings is 1. The molecule has 0 unspecified atom stereocenters. The van der Waals surface area contributed by atoms with Gasteiger partial charge in [0.2, 0.25) is 11.8 Å². The van der Waals surface area contributed by atoms with E-state index in [1.54, 1.807) is 11.3 Å². The summed E-state index contributed by atoms with van der Waals surface area (Å²) in [7, 11) is 2.10. The first kappa shape index (κ1) is 21.9. The van der Waals surface area contributed by atoms with Crippen molar-refractivity contribution in [1.29, 1.82) is 0 Å². The fraction of sp³-hybridized carbons (Fsp3) is 0.522. The number of anilines is 2. The largest absolute Gasteiger partial charge is 0.324 e. The summed E-state index contributed by atoms with van der Waals surface area (Å²) in [6.07, 6.45) is 3.47. The van der Waals surface area contributed by atoms with Crippen molar-refractivity contribution >= 4 is 34.0 Å². The molecular formula is C23H31N5O2S. The number of hydrogen-bond donors (Lipinski definition) is 2. The van der Waals surface area contributed by atoms with E-state index < -0.39 is 0 Å². The van der Waals surface area contributed by atoms with Gasteiger partial charge in [-0.3, -0.25) is 14.5 Å². The highest BCUT2D eigenvalue weighted by Gasteiger charge is 2.30. The summed E-state index contributed by atoms with van der Waals surface area (Å²) in [6, 6.07) is 6.39. The lowest BCUT2D eigenvalue weighted by atomic mass is 10.1. The van der Waals surface area contributed by atoms with Crippen LogP contribution in [0.15, 0.2) is 18.2 Å². The monoisotopic (exact) mass is 441 g/mol. The molecule has 0 saturated heterocycles. The Balaban J connectivity index is 1.29. The van der Waals surface area contributed by atoms with Crippen LogP contribution in [0.25, 0.3) is 0 Å². The molecule has 4 rings (SSSR count). The Kier molecular flexibility index (Phi) is 6.69. The minimum Gasteiger partial charge on any atom is -0.324 e. The summed E-state index contributed by atoms with van der Waals surface area (Å²) in [5.41, 5.74) is 4.12. The van der Waals surface area contributed by atoms with Gasteiger partial charge in [0.15, 0.2) is 5.13 Å². The van der Waals surface area contributed by atoms with Crippen LogP contribution in [0.5, 0.6) is 0 Å². The van der Waals surface area contributed by atoms with E-state index >= 15 is 0 Å². The van der Waals surface area contributed by atoms with Gasteiger partial charge in [0.1, 0.15) is 0 Å². The van der Waals surface area contributed by atoms with Crippen LogP contribution in [0.4, 0.5) is 10.8 Å². The van der Waals surface area contributed by atoms with Crippen LogP contribution in [-0.2, 0) is 22.6 Å². The first-order valence-electron chi connectivity index (χ1n) is 11.0. The first-order valence-corrected chi connectivity index (χ1v) is 11.8. The Morgan fingerprint density at radius 2 is 1.94 bits per heavy atom. The van der Waals surface area contributed by atoms with Gasteiger partial charge in [0.25, 0.3) is 0 Å². The van der Waals surface area contributed by atoms with Crippen molar-refractivity contribution < 1.29 is 9.59 Å². The molecule has 1 fully saturated rings. The summed E-state index contributed by atoms with van der Waals surface area (Å²) < 4.78 is 0. The van der Waals surface area contributed by atoms with E-state index in [0.717, 1.165) is 54.9 Å². The molecule has 2 amide bonds. The van der Waals surface area contributed by atoms with Crippen molar-refractivity contribution in [1.82, 2.24) is 14.8 Å². The SMILES string of the molecule is Cc1cccc(C)c1NC(=O)CN(CCC(=O)Nc1nc2c(s1)CN(C)CC2)C1CC1. The normalized spacial score (nSPS) is 16.3. The highest BCUT2D eigenvalue weighted by molar-refractivity contribution is 7.15. The van der Waals surface area contributed by atoms with Gasteiger partial charge in [-0.05, 0) is 44.9 Å².